The number of halogens is 1. The average Bonchev–Trinajstić information content (AvgIpc) is 2.39. The van der Waals surface area contributed by atoms with Crippen molar-refractivity contribution in [2.45, 2.75) is 12.8 Å². The highest BCUT2D eigenvalue weighted by Gasteiger charge is 2.06. The molecule has 0 saturated carbocycles. The summed E-state index contributed by atoms with van der Waals surface area (Å²) >= 11 is 0. The van der Waals surface area contributed by atoms with Gasteiger partial charge in [0.2, 0.25) is 0 Å². The summed E-state index contributed by atoms with van der Waals surface area (Å²) in [7, 11) is -4.35. The first-order chi connectivity index (χ1) is 9.04. The van der Waals surface area contributed by atoms with Crippen LogP contribution in [0.2, 0.25) is 0 Å². The third-order valence-electron chi connectivity index (χ3n) is 2.91. The molecular weight excluding hydrogens is 263 g/mol. The molecule has 0 bridgehead atoms. The first-order valence-corrected chi connectivity index (χ1v) is 7.66. The van der Waals surface area contributed by atoms with E-state index in [4.69, 9.17) is 0 Å². The molecule has 0 amide bonds. The molecule has 2 nitrogen and oxygen atoms in total. The fourth-order valence-electron chi connectivity index (χ4n) is 1.94. The van der Waals surface area contributed by atoms with Gasteiger partial charge < -0.3 is 0 Å². The molecule has 100 valence electrons. The van der Waals surface area contributed by atoms with Crippen LogP contribution in [0.5, 0.6) is 0 Å². The molecule has 0 saturated heterocycles. The molecule has 0 radical (unpaired) electrons. The van der Waals surface area contributed by atoms with E-state index in [0.717, 1.165) is 16.7 Å². The van der Waals surface area contributed by atoms with Crippen molar-refractivity contribution in [3.8, 4) is 11.1 Å². The standard InChI is InChI=1S/C15H15FO2S/c16-19(17,18)12-4-5-13-8-10-15(11-9-13)14-6-2-1-3-7-14/h1-3,6-11H,4-5,12H2. The minimum absolute atomic E-state index is 0.309. The fourth-order valence-corrected chi connectivity index (χ4v) is 2.43. The molecule has 0 atom stereocenters. The van der Waals surface area contributed by atoms with Crippen molar-refractivity contribution < 1.29 is 12.3 Å². The van der Waals surface area contributed by atoms with Gasteiger partial charge in [0.15, 0.2) is 0 Å². The highest BCUT2D eigenvalue weighted by Crippen LogP contribution is 2.19. The van der Waals surface area contributed by atoms with E-state index >= 15 is 0 Å². The Morgan fingerprint density at radius 2 is 1.42 bits per heavy atom. The molecular formula is C15H15FO2S. The zero-order valence-corrected chi connectivity index (χ0v) is 11.2. The molecule has 4 heteroatoms. The van der Waals surface area contributed by atoms with Gasteiger partial charge in [-0.3, -0.25) is 0 Å². The van der Waals surface area contributed by atoms with Crippen molar-refractivity contribution in [1.82, 2.24) is 0 Å². The van der Waals surface area contributed by atoms with Gasteiger partial charge >= 0.3 is 10.2 Å². The minimum Gasteiger partial charge on any atom is -0.195 e. The van der Waals surface area contributed by atoms with Crippen LogP contribution in [0.1, 0.15) is 12.0 Å². The number of hydrogen-bond acceptors (Lipinski definition) is 2. The maximum Gasteiger partial charge on any atom is 0.302 e. The second kappa shape index (κ2) is 5.97. The van der Waals surface area contributed by atoms with Crippen LogP contribution in [0.15, 0.2) is 54.6 Å². The Morgan fingerprint density at radius 3 is 2.00 bits per heavy atom. The summed E-state index contributed by atoms with van der Waals surface area (Å²) in [6.07, 6.45) is 0.877. The molecule has 0 fully saturated rings. The summed E-state index contributed by atoms with van der Waals surface area (Å²) in [6.45, 7) is 0. The SMILES string of the molecule is O=S(=O)(F)CCCc1ccc(-c2ccccc2)cc1. The van der Waals surface area contributed by atoms with Crippen LogP contribution in [-0.4, -0.2) is 14.2 Å². The van der Waals surface area contributed by atoms with Crippen LogP contribution in [0, 0.1) is 0 Å². The Bertz CT molecular complexity index is 619. The van der Waals surface area contributed by atoms with Crippen molar-refractivity contribution in [2.24, 2.45) is 0 Å². The molecule has 0 aromatic heterocycles. The largest absolute Gasteiger partial charge is 0.302 e. The van der Waals surface area contributed by atoms with E-state index in [-0.39, 0.29) is 0 Å². The van der Waals surface area contributed by atoms with E-state index in [1.165, 1.54) is 0 Å². The van der Waals surface area contributed by atoms with E-state index in [2.05, 4.69) is 0 Å². The van der Waals surface area contributed by atoms with Gasteiger partial charge in [0.05, 0.1) is 5.75 Å². The zero-order valence-electron chi connectivity index (χ0n) is 10.4. The lowest BCUT2D eigenvalue weighted by Gasteiger charge is -2.04. The summed E-state index contributed by atoms with van der Waals surface area (Å²) < 4.78 is 33.1. The third kappa shape index (κ3) is 4.48. The van der Waals surface area contributed by atoms with Gasteiger partial charge in [-0.1, -0.05) is 54.6 Å². The van der Waals surface area contributed by atoms with E-state index in [1.807, 2.05) is 54.6 Å². The molecule has 2 rings (SSSR count). The van der Waals surface area contributed by atoms with E-state index < -0.39 is 16.0 Å². The second-order valence-electron chi connectivity index (χ2n) is 4.41. The summed E-state index contributed by atoms with van der Waals surface area (Å²) in [5.41, 5.74) is 3.27. The quantitative estimate of drug-likeness (QED) is 0.783. The topological polar surface area (TPSA) is 34.1 Å². The van der Waals surface area contributed by atoms with E-state index in [0.29, 0.717) is 12.8 Å². The molecule has 2 aromatic rings. The van der Waals surface area contributed by atoms with Crippen molar-refractivity contribution in [3.05, 3.63) is 60.2 Å². The number of rotatable bonds is 5. The first-order valence-electron chi connectivity index (χ1n) is 6.11. The first kappa shape index (κ1) is 13.7. The number of benzene rings is 2. The molecule has 0 aliphatic heterocycles. The van der Waals surface area contributed by atoms with Crippen molar-refractivity contribution in [2.75, 3.05) is 5.75 Å². The van der Waals surface area contributed by atoms with Crippen LogP contribution in [0.3, 0.4) is 0 Å². The Labute approximate surface area is 113 Å². The van der Waals surface area contributed by atoms with Crippen LogP contribution in [-0.2, 0) is 16.6 Å². The smallest absolute Gasteiger partial charge is 0.195 e. The average molecular weight is 278 g/mol. The Morgan fingerprint density at radius 1 is 0.842 bits per heavy atom. The lowest BCUT2D eigenvalue weighted by Crippen LogP contribution is -1.99. The van der Waals surface area contributed by atoms with Gasteiger partial charge in [-0.15, -0.1) is 3.89 Å². The van der Waals surface area contributed by atoms with E-state index in [1.54, 1.807) is 0 Å². The molecule has 0 N–H and O–H groups in total. The Balaban J connectivity index is 1.99. The molecule has 0 aliphatic carbocycles. The molecule has 0 unspecified atom stereocenters. The van der Waals surface area contributed by atoms with Crippen LogP contribution in [0.4, 0.5) is 3.89 Å². The summed E-state index contributed by atoms with van der Waals surface area (Å²) in [4.78, 5) is 0. The van der Waals surface area contributed by atoms with Gasteiger partial charge in [-0.05, 0) is 29.5 Å². The fraction of sp³-hybridized carbons (Fsp3) is 0.200. The van der Waals surface area contributed by atoms with Gasteiger partial charge in [0, 0.05) is 0 Å². The molecule has 0 heterocycles. The predicted molar refractivity (Wildman–Crippen MR) is 75.1 cm³/mol. The highest BCUT2D eigenvalue weighted by atomic mass is 32.3. The summed E-state index contributed by atoms with van der Waals surface area (Å²) in [6, 6.07) is 17.9. The maximum atomic E-state index is 12.3. The van der Waals surface area contributed by atoms with Crippen molar-refractivity contribution in [3.63, 3.8) is 0 Å². The van der Waals surface area contributed by atoms with Crippen molar-refractivity contribution >= 4 is 10.2 Å². The number of hydrogen-bond donors (Lipinski definition) is 0. The summed E-state index contributed by atoms with van der Waals surface area (Å²) in [5, 5.41) is 0. The van der Waals surface area contributed by atoms with Crippen molar-refractivity contribution in [1.29, 1.82) is 0 Å². The Kier molecular flexibility index (Phi) is 4.32. The minimum atomic E-state index is -4.35. The molecule has 19 heavy (non-hydrogen) atoms. The predicted octanol–water partition coefficient (Wildman–Crippen LogP) is 3.59. The molecule has 0 spiro atoms. The number of aryl methyl sites for hydroxylation is 1. The van der Waals surface area contributed by atoms with Gasteiger partial charge in [-0.25, -0.2) is 0 Å². The van der Waals surface area contributed by atoms with Crippen LogP contribution >= 0.6 is 0 Å². The second-order valence-corrected chi connectivity index (χ2v) is 5.90. The summed E-state index contributed by atoms with van der Waals surface area (Å²) in [5.74, 6) is -0.409. The van der Waals surface area contributed by atoms with Crippen LogP contribution in [0.25, 0.3) is 11.1 Å². The van der Waals surface area contributed by atoms with Gasteiger partial charge in [-0.2, -0.15) is 8.42 Å². The van der Waals surface area contributed by atoms with E-state index in [9.17, 15) is 12.3 Å². The lowest BCUT2D eigenvalue weighted by molar-refractivity contribution is 0.549. The highest BCUT2D eigenvalue weighted by molar-refractivity contribution is 7.86. The van der Waals surface area contributed by atoms with Gasteiger partial charge in [0.25, 0.3) is 0 Å². The third-order valence-corrected chi connectivity index (χ3v) is 3.69. The maximum absolute atomic E-state index is 12.3. The molecule has 0 aliphatic rings. The monoisotopic (exact) mass is 278 g/mol. The zero-order chi connectivity index (χ0) is 13.7. The lowest BCUT2D eigenvalue weighted by atomic mass is 10.0. The van der Waals surface area contributed by atoms with Gasteiger partial charge in [0.1, 0.15) is 0 Å². The Hall–Kier alpha value is -1.68. The van der Waals surface area contributed by atoms with Crippen LogP contribution < -0.4 is 0 Å². The molecule has 2 aromatic carbocycles. The normalized spacial score (nSPS) is 11.4.